The molecule has 1 aromatic rings. The highest BCUT2D eigenvalue weighted by atomic mass is 16.3. The van der Waals surface area contributed by atoms with E-state index in [9.17, 15) is 10.1 Å². The Labute approximate surface area is 143 Å². The van der Waals surface area contributed by atoms with Crippen molar-refractivity contribution in [3.05, 3.63) is 40.7 Å². The summed E-state index contributed by atoms with van der Waals surface area (Å²) < 4.78 is 2.20. The van der Waals surface area contributed by atoms with Crippen molar-refractivity contribution in [3.63, 3.8) is 0 Å². The van der Waals surface area contributed by atoms with Crippen molar-refractivity contribution >= 4 is 12.0 Å². The summed E-state index contributed by atoms with van der Waals surface area (Å²) in [5.74, 6) is -0.288. The van der Waals surface area contributed by atoms with E-state index in [1.807, 2.05) is 38.1 Å². The third-order valence-corrected chi connectivity index (χ3v) is 4.45. The predicted octanol–water partition coefficient (Wildman–Crippen LogP) is 2.48. The largest absolute Gasteiger partial charge is 0.396 e. The number of carbonyl (C=O) groups is 1. The molecule has 1 amide bonds. The van der Waals surface area contributed by atoms with Crippen molar-refractivity contribution in [2.75, 3.05) is 6.61 Å². The number of nitrogens with one attached hydrogen (secondary N) is 1. The Kier molecular flexibility index (Phi) is 5.99. The molecule has 128 valence electrons. The molecule has 0 unspecified atom stereocenters. The number of aromatic nitrogens is 1. The number of rotatable bonds is 6. The van der Waals surface area contributed by atoms with Gasteiger partial charge in [0.1, 0.15) is 11.6 Å². The molecular formula is C19H25N3O2. The van der Waals surface area contributed by atoms with Crippen LogP contribution in [0.25, 0.3) is 6.08 Å². The minimum Gasteiger partial charge on any atom is -0.396 e. The number of nitrogens with zero attached hydrogens (tertiary/aromatic N) is 2. The van der Waals surface area contributed by atoms with Crippen molar-refractivity contribution < 1.29 is 9.90 Å². The fourth-order valence-corrected chi connectivity index (χ4v) is 3.11. The summed E-state index contributed by atoms with van der Waals surface area (Å²) in [6, 6.07) is 3.88. The first-order valence-electron chi connectivity index (χ1n) is 8.38. The van der Waals surface area contributed by atoms with Crippen LogP contribution in [-0.4, -0.2) is 28.2 Å². The van der Waals surface area contributed by atoms with Crippen LogP contribution in [0.3, 0.4) is 0 Å². The zero-order valence-electron chi connectivity index (χ0n) is 14.5. The van der Waals surface area contributed by atoms with Gasteiger partial charge in [-0.25, -0.2) is 0 Å². The molecule has 1 heterocycles. The second-order valence-corrected chi connectivity index (χ2v) is 6.29. The summed E-state index contributed by atoms with van der Waals surface area (Å²) in [7, 11) is 0. The number of aryl methyl sites for hydroxylation is 1. The van der Waals surface area contributed by atoms with Crippen LogP contribution in [0.2, 0.25) is 0 Å². The number of hydrogen-bond acceptors (Lipinski definition) is 3. The number of aliphatic hydroxyl groups is 1. The van der Waals surface area contributed by atoms with E-state index >= 15 is 0 Å². The normalized spacial score (nSPS) is 20.2. The third-order valence-electron chi connectivity index (χ3n) is 4.45. The highest BCUT2D eigenvalue weighted by Crippen LogP contribution is 2.20. The molecule has 5 nitrogen and oxygen atoms in total. The maximum Gasteiger partial charge on any atom is 0.262 e. The van der Waals surface area contributed by atoms with Gasteiger partial charge in [-0.1, -0.05) is 19.1 Å². The standard InChI is InChI=1S/C19H25N3O2/c1-4-7-22-13(2)8-16(14(22)3)10-17(11-20)19(24)21-18-6-5-15(9-18)12-23/h5-6,8,10,15,18,23H,4,7,9,12H2,1-3H3,(H,21,24)/t15-,18+/m0/s1. The molecule has 2 atom stereocenters. The molecule has 0 aliphatic heterocycles. The molecule has 1 aliphatic rings. The second-order valence-electron chi connectivity index (χ2n) is 6.29. The number of aliphatic hydroxyl groups excluding tert-OH is 1. The van der Waals surface area contributed by atoms with E-state index in [1.165, 1.54) is 0 Å². The summed E-state index contributed by atoms with van der Waals surface area (Å²) in [4.78, 5) is 12.4. The van der Waals surface area contributed by atoms with Gasteiger partial charge in [0.25, 0.3) is 5.91 Å². The Balaban J connectivity index is 2.15. The summed E-state index contributed by atoms with van der Waals surface area (Å²) in [5, 5.41) is 21.3. The second kappa shape index (κ2) is 7.98. The first-order valence-corrected chi connectivity index (χ1v) is 8.38. The molecule has 0 saturated carbocycles. The quantitative estimate of drug-likeness (QED) is 0.479. The van der Waals surface area contributed by atoms with Crippen molar-refractivity contribution in [2.24, 2.45) is 5.92 Å². The molecule has 2 rings (SSSR count). The minimum absolute atomic E-state index is 0.0766. The van der Waals surface area contributed by atoms with E-state index in [0.717, 1.165) is 29.9 Å². The van der Waals surface area contributed by atoms with E-state index in [0.29, 0.717) is 6.42 Å². The first kappa shape index (κ1) is 18.0. The average Bonchev–Trinajstić information content (AvgIpc) is 3.12. The maximum atomic E-state index is 12.4. The van der Waals surface area contributed by atoms with Crippen LogP contribution < -0.4 is 5.32 Å². The molecule has 1 aliphatic carbocycles. The highest BCUT2D eigenvalue weighted by molar-refractivity contribution is 6.02. The zero-order valence-corrected chi connectivity index (χ0v) is 14.5. The summed E-state index contributed by atoms with van der Waals surface area (Å²) in [6.07, 6.45) is 7.14. The summed E-state index contributed by atoms with van der Waals surface area (Å²) in [6.45, 7) is 7.16. The molecule has 24 heavy (non-hydrogen) atoms. The van der Waals surface area contributed by atoms with Crippen LogP contribution in [0.1, 0.15) is 36.7 Å². The lowest BCUT2D eigenvalue weighted by atomic mass is 10.1. The summed E-state index contributed by atoms with van der Waals surface area (Å²) in [5.41, 5.74) is 3.20. The number of amides is 1. The van der Waals surface area contributed by atoms with Crippen LogP contribution in [0.15, 0.2) is 23.8 Å². The Morgan fingerprint density at radius 1 is 1.50 bits per heavy atom. The van der Waals surface area contributed by atoms with Crippen LogP contribution >= 0.6 is 0 Å². The van der Waals surface area contributed by atoms with Gasteiger partial charge in [0.05, 0.1) is 0 Å². The first-order chi connectivity index (χ1) is 11.5. The number of nitriles is 1. The van der Waals surface area contributed by atoms with Gasteiger partial charge in [-0.05, 0) is 44.4 Å². The van der Waals surface area contributed by atoms with E-state index in [1.54, 1.807) is 6.08 Å². The molecule has 0 radical (unpaired) electrons. The monoisotopic (exact) mass is 327 g/mol. The van der Waals surface area contributed by atoms with Crippen LogP contribution in [0, 0.1) is 31.1 Å². The molecule has 5 heteroatoms. The highest BCUT2D eigenvalue weighted by Gasteiger charge is 2.21. The molecule has 0 spiro atoms. The lowest BCUT2D eigenvalue weighted by Crippen LogP contribution is -2.33. The molecule has 1 aromatic heterocycles. The minimum atomic E-state index is -0.369. The maximum absolute atomic E-state index is 12.4. The molecule has 0 bridgehead atoms. The van der Waals surface area contributed by atoms with Gasteiger partial charge in [-0.15, -0.1) is 0 Å². The van der Waals surface area contributed by atoms with Gasteiger partial charge in [-0.3, -0.25) is 4.79 Å². The van der Waals surface area contributed by atoms with E-state index < -0.39 is 0 Å². The lowest BCUT2D eigenvalue weighted by Gasteiger charge is -2.12. The number of carbonyl (C=O) groups excluding carboxylic acids is 1. The predicted molar refractivity (Wildman–Crippen MR) is 94.1 cm³/mol. The topological polar surface area (TPSA) is 78.0 Å². The zero-order chi connectivity index (χ0) is 17.7. The SMILES string of the molecule is CCCn1c(C)cc(C=C(C#N)C(=O)N[C@@H]2C=C[C@H](CO)C2)c1C. The Morgan fingerprint density at radius 2 is 2.25 bits per heavy atom. The number of hydrogen-bond donors (Lipinski definition) is 2. The third kappa shape index (κ3) is 3.95. The van der Waals surface area contributed by atoms with Crippen molar-refractivity contribution in [1.29, 1.82) is 5.26 Å². The fourth-order valence-electron chi connectivity index (χ4n) is 3.11. The Morgan fingerprint density at radius 3 is 2.83 bits per heavy atom. The van der Waals surface area contributed by atoms with E-state index in [-0.39, 0.29) is 30.0 Å². The van der Waals surface area contributed by atoms with Crippen molar-refractivity contribution in [1.82, 2.24) is 9.88 Å². The van der Waals surface area contributed by atoms with Crippen molar-refractivity contribution in [3.8, 4) is 6.07 Å². The molecular weight excluding hydrogens is 302 g/mol. The Hall–Kier alpha value is -2.32. The van der Waals surface area contributed by atoms with E-state index in [4.69, 9.17) is 5.11 Å². The molecule has 0 aromatic carbocycles. The molecule has 0 fully saturated rings. The molecule has 2 N–H and O–H groups in total. The van der Waals surface area contributed by atoms with Gasteiger partial charge in [0.2, 0.25) is 0 Å². The average molecular weight is 327 g/mol. The van der Waals surface area contributed by atoms with Crippen LogP contribution in [0.4, 0.5) is 0 Å². The smallest absolute Gasteiger partial charge is 0.262 e. The van der Waals surface area contributed by atoms with Gasteiger partial charge >= 0.3 is 0 Å². The van der Waals surface area contributed by atoms with Gasteiger partial charge < -0.3 is 15.0 Å². The van der Waals surface area contributed by atoms with Gasteiger partial charge in [0.15, 0.2) is 0 Å². The van der Waals surface area contributed by atoms with Crippen LogP contribution in [0.5, 0.6) is 0 Å². The lowest BCUT2D eigenvalue weighted by molar-refractivity contribution is -0.117. The van der Waals surface area contributed by atoms with Crippen molar-refractivity contribution in [2.45, 2.75) is 46.2 Å². The van der Waals surface area contributed by atoms with Gasteiger partial charge in [-0.2, -0.15) is 5.26 Å². The Bertz CT molecular complexity index is 707. The molecule has 0 saturated heterocycles. The summed E-state index contributed by atoms with van der Waals surface area (Å²) >= 11 is 0. The van der Waals surface area contributed by atoms with Crippen LogP contribution in [-0.2, 0) is 11.3 Å². The van der Waals surface area contributed by atoms with Gasteiger partial charge in [0, 0.05) is 36.5 Å². The fraction of sp³-hybridized carbons (Fsp3) is 0.474. The van der Waals surface area contributed by atoms with E-state index in [2.05, 4.69) is 16.8 Å².